The largest absolute Gasteiger partial charge is 0.505 e. The predicted octanol–water partition coefficient (Wildman–Crippen LogP) is 3.84. The molecule has 1 aromatic heterocycles. The van der Waals surface area contributed by atoms with Crippen LogP contribution in [0.4, 0.5) is 10.1 Å². The Kier molecular flexibility index (Phi) is 5.31. The zero-order valence-corrected chi connectivity index (χ0v) is 18.3. The van der Waals surface area contributed by atoms with Gasteiger partial charge in [-0.2, -0.15) is 4.39 Å². The van der Waals surface area contributed by atoms with Crippen molar-refractivity contribution in [2.45, 2.75) is 11.5 Å². The van der Waals surface area contributed by atoms with Gasteiger partial charge in [-0.1, -0.05) is 6.07 Å². The Balaban J connectivity index is 2.00. The minimum atomic E-state index is -4.35. The van der Waals surface area contributed by atoms with Crippen molar-refractivity contribution >= 4 is 37.6 Å². The number of pyridine rings is 1. The Morgan fingerprint density at radius 3 is 2.74 bits per heavy atom. The topological polar surface area (TPSA) is 115 Å². The van der Waals surface area contributed by atoms with E-state index in [1.54, 1.807) is 6.07 Å². The normalized spacial score (nSPS) is 14.7. The lowest BCUT2D eigenvalue weighted by Crippen LogP contribution is -2.15. The molecule has 2 aromatic carbocycles. The maximum atomic E-state index is 13.8. The number of carbonyl (C=O) groups excluding carboxylic acids is 1. The molecule has 31 heavy (non-hydrogen) atoms. The van der Waals surface area contributed by atoms with Crippen molar-refractivity contribution < 1.29 is 32.2 Å². The molecule has 0 radical (unpaired) electrons. The molecular weight excluding hydrogens is 495 g/mol. The van der Waals surface area contributed by atoms with Crippen LogP contribution >= 0.6 is 15.9 Å². The van der Waals surface area contributed by atoms with Crippen LogP contribution in [0.25, 0.3) is 11.1 Å². The van der Waals surface area contributed by atoms with Crippen molar-refractivity contribution in [3.8, 4) is 22.6 Å². The molecule has 160 valence electrons. The zero-order valence-electron chi connectivity index (χ0n) is 15.8. The Hall–Kier alpha value is -3.18. The summed E-state index contributed by atoms with van der Waals surface area (Å²) >= 11 is 3.05. The molecule has 3 aromatic rings. The van der Waals surface area contributed by atoms with Gasteiger partial charge in [0.1, 0.15) is 23.0 Å². The quantitative estimate of drug-likeness (QED) is 0.379. The molecule has 0 spiro atoms. The number of nitrogens with zero attached hydrogens (tertiary/aromatic N) is 1. The standard InChI is InChI=1S/C20H14BrFN2O6S/c1-29-16-3-2-10-5-15(16)24-31(27,28)17-6-11(4-14(21)19(17)25)20(26)30-9-12-7-18(22)23-8-13(10)12/h2-8,24-25H,9H2,1H3. The van der Waals surface area contributed by atoms with Gasteiger partial charge in [-0.25, -0.2) is 18.2 Å². The average molecular weight is 509 g/mol. The SMILES string of the molecule is COc1ccc2cc1NS(=O)(=O)c1cc(cc(Br)c1O)C(=O)OCc1cc(F)ncc1-2. The summed E-state index contributed by atoms with van der Waals surface area (Å²) in [5.41, 5.74) is 1.19. The maximum absolute atomic E-state index is 13.8. The van der Waals surface area contributed by atoms with Gasteiger partial charge in [-0.15, -0.1) is 0 Å². The van der Waals surface area contributed by atoms with Gasteiger partial charge in [0.25, 0.3) is 10.0 Å². The van der Waals surface area contributed by atoms with Crippen molar-refractivity contribution in [2.24, 2.45) is 0 Å². The van der Waals surface area contributed by atoms with E-state index in [0.29, 0.717) is 16.7 Å². The number of halogens is 2. The first-order valence-electron chi connectivity index (χ1n) is 8.75. The molecule has 2 N–H and O–H groups in total. The predicted molar refractivity (Wildman–Crippen MR) is 112 cm³/mol. The van der Waals surface area contributed by atoms with Crippen LogP contribution in [0, 0.1) is 5.95 Å². The van der Waals surface area contributed by atoms with Crippen LogP contribution < -0.4 is 9.46 Å². The summed E-state index contributed by atoms with van der Waals surface area (Å²) in [7, 11) is -2.98. The van der Waals surface area contributed by atoms with Crippen LogP contribution in [-0.4, -0.2) is 31.6 Å². The van der Waals surface area contributed by atoms with Gasteiger partial charge in [-0.05, 0) is 45.8 Å². The van der Waals surface area contributed by atoms with E-state index >= 15 is 0 Å². The van der Waals surface area contributed by atoms with Crippen molar-refractivity contribution in [3.63, 3.8) is 0 Å². The van der Waals surface area contributed by atoms with Gasteiger partial charge in [0, 0.05) is 23.4 Å². The van der Waals surface area contributed by atoms with Gasteiger partial charge in [0.2, 0.25) is 5.95 Å². The number of sulfonamides is 1. The third-order valence-electron chi connectivity index (χ3n) is 4.62. The smallest absolute Gasteiger partial charge is 0.338 e. The molecule has 0 fully saturated rings. The highest BCUT2D eigenvalue weighted by atomic mass is 79.9. The van der Waals surface area contributed by atoms with Crippen LogP contribution in [0.2, 0.25) is 0 Å². The summed E-state index contributed by atoms with van der Waals surface area (Å²) in [6.45, 7) is -0.289. The summed E-state index contributed by atoms with van der Waals surface area (Å²) in [6, 6.07) is 7.99. The molecule has 1 aliphatic rings. The first-order chi connectivity index (χ1) is 14.7. The molecule has 0 unspecified atom stereocenters. The van der Waals surface area contributed by atoms with Crippen LogP contribution in [-0.2, 0) is 21.4 Å². The number of phenols is 1. The van der Waals surface area contributed by atoms with Gasteiger partial charge in [0.15, 0.2) is 0 Å². The molecule has 0 saturated heterocycles. The number of cyclic esters (lactones) is 1. The molecule has 4 bridgehead atoms. The van der Waals surface area contributed by atoms with E-state index < -0.39 is 32.6 Å². The molecule has 0 amide bonds. The second-order valence-electron chi connectivity index (χ2n) is 6.57. The number of hydrogen-bond acceptors (Lipinski definition) is 7. The van der Waals surface area contributed by atoms with Gasteiger partial charge in [0.05, 0.1) is 22.8 Å². The van der Waals surface area contributed by atoms with Crippen LogP contribution in [0.5, 0.6) is 11.5 Å². The van der Waals surface area contributed by atoms with E-state index in [4.69, 9.17) is 9.47 Å². The number of benzene rings is 2. The summed E-state index contributed by atoms with van der Waals surface area (Å²) in [5.74, 6) is -1.99. The fraction of sp³-hybridized carbons (Fsp3) is 0.100. The molecule has 8 nitrogen and oxygen atoms in total. The molecule has 11 heteroatoms. The lowest BCUT2D eigenvalue weighted by molar-refractivity contribution is 0.0472. The minimum Gasteiger partial charge on any atom is -0.505 e. The summed E-state index contributed by atoms with van der Waals surface area (Å²) in [5, 5.41) is 10.3. The highest BCUT2D eigenvalue weighted by molar-refractivity contribution is 9.10. The number of carbonyl (C=O) groups is 1. The summed E-state index contributed by atoms with van der Waals surface area (Å²) in [6.07, 6.45) is 1.26. The van der Waals surface area contributed by atoms with Crippen molar-refractivity contribution in [2.75, 3.05) is 11.8 Å². The molecule has 0 aliphatic carbocycles. The van der Waals surface area contributed by atoms with E-state index in [-0.39, 0.29) is 28.1 Å². The van der Waals surface area contributed by atoms with Crippen molar-refractivity contribution in [3.05, 3.63) is 64.1 Å². The maximum Gasteiger partial charge on any atom is 0.338 e. The Bertz CT molecular complexity index is 1330. The van der Waals surface area contributed by atoms with Gasteiger partial charge >= 0.3 is 5.97 Å². The summed E-state index contributed by atoms with van der Waals surface area (Å²) < 4.78 is 52.8. The highest BCUT2D eigenvalue weighted by Gasteiger charge is 2.26. The molecule has 4 rings (SSSR count). The van der Waals surface area contributed by atoms with Crippen LogP contribution in [0.3, 0.4) is 0 Å². The first-order valence-corrected chi connectivity index (χ1v) is 11.0. The number of rotatable bonds is 1. The second-order valence-corrected chi connectivity index (χ2v) is 9.07. The number of hydrogen-bond donors (Lipinski definition) is 2. The Morgan fingerprint density at radius 1 is 1.23 bits per heavy atom. The minimum absolute atomic E-state index is 0.0199. The third kappa shape index (κ3) is 3.93. The van der Waals surface area contributed by atoms with Gasteiger partial charge in [-0.3, -0.25) is 4.72 Å². The number of esters is 1. The number of anilines is 1. The van der Waals surface area contributed by atoms with E-state index in [1.807, 2.05) is 0 Å². The number of ether oxygens (including phenoxy) is 2. The van der Waals surface area contributed by atoms with E-state index in [0.717, 1.165) is 12.1 Å². The molecule has 2 heterocycles. The zero-order chi connectivity index (χ0) is 22.3. The number of aromatic hydroxyl groups is 1. The number of nitrogens with one attached hydrogen (secondary N) is 1. The second kappa shape index (κ2) is 7.82. The Labute approximate surface area is 184 Å². The van der Waals surface area contributed by atoms with Crippen molar-refractivity contribution in [1.29, 1.82) is 0 Å². The average Bonchev–Trinajstić information content (AvgIpc) is 2.73. The van der Waals surface area contributed by atoms with Crippen LogP contribution in [0.1, 0.15) is 15.9 Å². The van der Waals surface area contributed by atoms with E-state index in [2.05, 4.69) is 25.6 Å². The summed E-state index contributed by atoms with van der Waals surface area (Å²) in [4.78, 5) is 15.7. The fourth-order valence-corrected chi connectivity index (χ4v) is 4.92. The molecular formula is C20H14BrFN2O6S. The van der Waals surface area contributed by atoms with Crippen LogP contribution in [0.15, 0.2) is 52.0 Å². The molecule has 1 aliphatic heterocycles. The van der Waals surface area contributed by atoms with E-state index in [1.165, 1.54) is 31.5 Å². The first kappa shape index (κ1) is 21.1. The molecule has 0 atom stereocenters. The number of methoxy groups -OCH3 is 1. The Morgan fingerprint density at radius 2 is 2.00 bits per heavy atom. The van der Waals surface area contributed by atoms with Gasteiger partial charge < -0.3 is 14.6 Å². The number of phenolic OH excluding ortho intramolecular Hbond substituents is 1. The third-order valence-corrected chi connectivity index (χ3v) is 6.61. The number of fused-ring (bicyclic) bond motifs is 6. The van der Waals surface area contributed by atoms with E-state index in [9.17, 15) is 22.7 Å². The highest BCUT2D eigenvalue weighted by Crippen LogP contribution is 2.38. The monoisotopic (exact) mass is 508 g/mol. The fourth-order valence-electron chi connectivity index (χ4n) is 3.13. The number of aromatic nitrogens is 1. The van der Waals surface area contributed by atoms with Crippen molar-refractivity contribution in [1.82, 2.24) is 4.98 Å². The lowest BCUT2D eigenvalue weighted by Gasteiger charge is -2.15. The lowest BCUT2D eigenvalue weighted by atomic mass is 10.0. The molecule has 0 saturated carbocycles.